The number of methoxy groups -OCH3 is 1. The quantitative estimate of drug-likeness (QED) is 0.189. The zero-order valence-corrected chi connectivity index (χ0v) is 25.5. The van der Waals surface area contributed by atoms with Crippen LogP contribution in [0.4, 0.5) is 4.79 Å². The number of carbonyl (C=O) groups excluding carboxylic acids is 2. The van der Waals surface area contributed by atoms with Gasteiger partial charge in [-0.1, -0.05) is 61.9 Å². The van der Waals surface area contributed by atoms with Crippen LogP contribution in [-0.2, 0) is 19.0 Å². The molecule has 0 spiro atoms. The Balaban J connectivity index is 0.000000575. The van der Waals surface area contributed by atoms with E-state index in [2.05, 4.69) is 42.5 Å². The molecule has 4 atom stereocenters. The van der Waals surface area contributed by atoms with Gasteiger partial charge in [-0.15, -0.1) is 0 Å². The van der Waals surface area contributed by atoms with Gasteiger partial charge in [0.1, 0.15) is 6.10 Å². The molecule has 1 aliphatic heterocycles. The monoisotopic (exact) mass is 583 g/mol. The number of primary amides is 1. The van der Waals surface area contributed by atoms with Crippen LogP contribution >= 0.6 is 11.9 Å². The molecule has 4 rings (SSSR count). The second-order valence-electron chi connectivity index (χ2n) is 10.9. The van der Waals surface area contributed by atoms with Gasteiger partial charge in [-0.2, -0.15) is 0 Å². The van der Waals surface area contributed by atoms with Crippen molar-refractivity contribution in [2.24, 2.45) is 23.5 Å². The zero-order chi connectivity index (χ0) is 29.6. The van der Waals surface area contributed by atoms with Crippen molar-refractivity contribution in [2.75, 3.05) is 33.4 Å². The topological polar surface area (TPSA) is 103 Å². The summed E-state index contributed by atoms with van der Waals surface area (Å²) in [5, 5.41) is 2.90. The number of amides is 2. The number of ether oxygens (including phenoxy) is 3. The third kappa shape index (κ3) is 11.5. The number of rotatable bonds is 12. The maximum atomic E-state index is 12.3. The smallest absolute Gasteiger partial charge is 0.407 e. The lowest BCUT2D eigenvalue weighted by Crippen LogP contribution is -2.34. The highest BCUT2D eigenvalue weighted by Crippen LogP contribution is 2.42. The lowest BCUT2D eigenvalue weighted by Gasteiger charge is -2.23. The number of nitrogens with one attached hydrogen (secondary N) is 1. The minimum absolute atomic E-state index is 0.0982. The summed E-state index contributed by atoms with van der Waals surface area (Å²) in [5.41, 5.74) is 7.40. The van der Waals surface area contributed by atoms with Crippen molar-refractivity contribution >= 4 is 30.0 Å². The molecule has 2 aromatic carbocycles. The fraction of sp³-hybridized carbons (Fsp3) is 0.500. The number of nitrogens with two attached hydrogens (primary N) is 1. The Morgan fingerprint density at radius 1 is 1.12 bits per heavy atom. The lowest BCUT2D eigenvalue weighted by atomic mass is 9.98. The number of fused-ring (bicyclic) bond motifs is 1. The van der Waals surface area contributed by atoms with Crippen molar-refractivity contribution in [1.82, 2.24) is 9.62 Å². The van der Waals surface area contributed by atoms with Gasteiger partial charge < -0.3 is 25.3 Å². The summed E-state index contributed by atoms with van der Waals surface area (Å²) in [7, 11) is 1.66. The third-order valence-electron chi connectivity index (χ3n) is 7.02. The van der Waals surface area contributed by atoms with Crippen molar-refractivity contribution in [3.63, 3.8) is 0 Å². The predicted molar refractivity (Wildman–Crippen MR) is 164 cm³/mol. The van der Waals surface area contributed by atoms with Crippen molar-refractivity contribution in [3.8, 4) is 0 Å². The number of aryl methyl sites for hydroxylation is 1. The molecule has 0 radical (unpaired) electrons. The Morgan fingerprint density at radius 2 is 1.85 bits per heavy atom. The van der Waals surface area contributed by atoms with Crippen molar-refractivity contribution in [2.45, 2.75) is 57.3 Å². The fourth-order valence-electron chi connectivity index (χ4n) is 5.06. The Kier molecular flexibility index (Phi) is 13.7. The molecule has 2 aromatic rings. The summed E-state index contributed by atoms with van der Waals surface area (Å²) in [6.45, 7) is 9.38. The van der Waals surface area contributed by atoms with Gasteiger partial charge in [0.2, 0.25) is 5.91 Å². The number of carbonyl (C=O) groups is 2. The molecule has 0 bridgehead atoms. The first-order valence-corrected chi connectivity index (χ1v) is 15.1. The Hall–Kier alpha value is -2.85. The standard InChI is InChI=1S/C25H37N3O5S.C7H8/c1-17(2)15-28(34-19-8-5-18(6-9-19)7-12-23(26)29)14-4-13-27-25(30)33-22-11-10-20-21(22)16-32-24(20)31-3;1-7-5-3-2-4-6-7/h5-9,12,17,20-22,24H,4,10-11,13-16H2,1-3H3,(H2,26,29)(H,27,30);2-6H,1H3/b12-7+;. The van der Waals surface area contributed by atoms with Gasteiger partial charge in [0.15, 0.2) is 6.29 Å². The van der Waals surface area contributed by atoms with Crippen LogP contribution in [0.15, 0.2) is 65.6 Å². The summed E-state index contributed by atoms with van der Waals surface area (Å²) in [6, 6.07) is 18.3. The summed E-state index contributed by atoms with van der Waals surface area (Å²) in [5.74, 6) is 0.603. The summed E-state index contributed by atoms with van der Waals surface area (Å²) >= 11 is 1.70. The van der Waals surface area contributed by atoms with Crippen LogP contribution in [0.1, 0.15) is 44.2 Å². The molecule has 1 aliphatic carbocycles. The van der Waals surface area contributed by atoms with Crippen molar-refractivity contribution < 1.29 is 23.8 Å². The molecule has 2 fully saturated rings. The molecule has 8 nitrogen and oxygen atoms in total. The van der Waals surface area contributed by atoms with E-state index in [4.69, 9.17) is 19.9 Å². The SMILES string of the molecule is COC1OCC2C(OC(=O)NCCCN(CC(C)C)Sc3ccc(/C=C/C(N)=O)cc3)CCC12.Cc1ccccc1. The van der Waals surface area contributed by atoms with Gasteiger partial charge in [0.05, 0.1) is 6.61 Å². The highest BCUT2D eigenvalue weighted by atomic mass is 32.2. The van der Waals surface area contributed by atoms with Crippen LogP contribution < -0.4 is 11.1 Å². The largest absolute Gasteiger partial charge is 0.446 e. The molecule has 2 amide bonds. The van der Waals surface area contributed by atoms with Gasteiger partial charge >= 0.3 is 6.09 Å². The summed E-state index contributed by atoms with van der Waals surface area (Å²) < 4.78 is 19.0. The predicted octanol–water partition coefficient (Wildman–Crippen LogP) is 5.66. The van der Waals surface area contributed by atoms with E-state index in [9.17, 15) is 9.59 Å². The average Bonchev–Trinajstić information content (AvgIpc) is 3.54. The Morgan fingerprint density at radius 3 is 2.46 bits per heavy atom. The zero-order valence-electron chi connectivity index (χ0n) is 24.7. The van der Waals surface area contributed by atoms with E-state index in [0.29, 0.717) is 25.0 Å². The molecule has 9 heteroatoms. The van der Waals surface area contributed by atoms with E-state index in [1.807, 2.05) is 42.5 Å². The first-order chi connectivity index (χ1) is 19.7. The van der Waals surface area contributed by atoms with E-state index in [1.54, 1.807) is 25.1 Å². The molecule has 224 valence electrons. The van der Waals surface area contributed by atoms with E-state index < -0.39 is 5.91 Å². The first kappa shape index (κ1) is 32.7. The normalized spacial score (nSPS) is 21.5. The van der Waals surface area contributed by atoms with Gasteiger partial charge in [-0.25, -0.2) is 9.10 Å². The number of nitrogens with zero attached hydrogens (tertiary/aromatic N) is 1. The summed E-state index contributed by atoms with van der Waals surface area (Å²) in [6.07, 6.45) is 5.08. The van der Waals surface area contributed by atoms with Crippen molar-refractivity contribution in [1.29, 1.82) is 0 Å². The highest BCUT2D eigenvalue weighted by molar-refractivity contribution is 7.97. The van der Waals surface area contributed by atoms with Gasteiger partial charge in [0.25, 0.3) is 0 Å². The fourth-order valence-corrected chi connectivity index (χ4v) is 6.21. The molecule has 41 heavy (non-hydrogen) atoms. The van der Waals surface area contributed by atoms with Crippen molar-refractivity contribution in [3.05, 3.63) is 71.8 Å². The number of hydrogen-bond acceptors (Lipinski definition) is 7. The number of alkyl carbamates (subject to hydrolysis) is 1. The number of benzene rings is 2. The molecule has 0 aromatic heterocycles. The molecule has 2 aliphatic rings. The third-order valence-corrected chi connectivity index (χ3v) is 8.10. The van der Waals surface area contributed by atoms with Gasteiger partial charge in [-0.05, 0) is 67.8 Å². The molecule has 3 N–H and O–H groups in total. The minimum atomic E-state index is -0.459. The second kappa shape index (κ2) is 17.2. The maximum absolute atomic E-state index is 12.3. The van der Waals surface area contributed by atoms with Gasteiger partial charge in [0, 0.05) is 49.6 Å². The Labute approximate surface area is 249 Å². The van der Waals surface area contributed by atoms with Crippen LogP contribution in [0.3, 0.4) is 0 Å². The highest BCUT2D eigenvalue weighted by Gasteiger charge is 2.47. The maximum Gasteiger partial charge on any atom is 0.407 e. The van der Waals surface area contributed by atoms with Crippen LogP contribution in [0.5, 0.6) is 0 Å². The average molecular weight is 584 g/mol. The molecule has 4 unspecified atom stereocenters. The van der Waals surface area contributed by atoms with Crippen LogP contribution in [0.2, 0.25) is 0 Å². The molecule has 1 saturated carbocycles. The van der Waals surface area contributed by atoms with E-state index in [-0.39, 0.29) is 24.4 Å². The van der Waals surface area contributed by atoms with Gasteiger partial charge in [-0.3, -0.25) is 4.79 Å². The summed E-state index contributed by atoms with van der Waals surface area (Å²) in [4.78, 5) is 24.3. The minimum Gasteiger partial charge on any atom is -0.446 e. The second-order valence-corrected chi connectivity index (χ2v) is 12.1. The lowest BCUT2D eigenvalue weighted by molar-refractivity contribution is -0.113. The molecular formula is C32H45N3O5S. The van der Waals surface area contributed by atoms with E-state index in [0.717, 1.165) is 42.8 Å². The van der Waals surface area contributed by atoms with Crippen LogP contribution in [-0.4, -0.2) is 62.1 Å². The van der Waals surface area contributed by atoms with Crippen LogP contribution in [0, 0.1) is 24.7 Å². The number of hydrogen-bond donors (Lipinski definition) is 2. The first-order valence-electron chi connectivity index (χ1n) is 14.4. The van der Waals surface area contributed by atoms with E-state index in [1.165, 1.54) is 11.6 Å². The molecule has 1 heterocycles. The van der Waals surface area contributed by atoms with E-state index >= 15 is 0 Å². The molecular weight excluding hydrogens is 538 g/mol. The van der Waals surface area contributed by atoms with Crippen LogP contribution in [0.25, 0.3) is 6.08 Å². The molecule has 1 saturated heterocycles. The Bertz CT molecular complexity index is 1100.